The summed E-state index contributed by atoms with van der Waals surface area (Å²) in [6.07, 6.45) is 1.46. The molecule has 128 valence electrons. The average Bonchev–Trinajstić information content (AvgIpc) is 3.22. The molecule has 8 heteroatoms. The maximum atomic E-state index is 11.7. The molecule has 25 heavy (non-hydrogen) atoms. The third-order valence-electron chi connectivity index (χ3n) is 4.53. The number of rotatable bonds is 5. The van der Waals surface area contributed by atoms with E-state index in [4.69, 9.17) is 19.9 Å². The van der Waals surface area contributed by atoms with E-state index in [0.717, 1.165) is 24.0 Å². The summed E-state index contributed by atoms with van der Waals surface area (Å²) in [4.78, 5) is 15.9. The van der Waals surface area contributed by atoms with Crippen molar-refractivity contribution in [2.45, 2.75) is 31.3 Å². The summed E-state index contributed by atoms with van der Waals surface area (Å²) in [5, 5.41) is 16.8. The highest BCUT2D eigenvalue weighted by Crippen LogP contribution is 2.50. The third-order valence-corrected chi connectivity index (χ3v) is 4.53. The Kier molecular flexibility index (Phi) is 3.81. The van der Waals surface area contributed by atoms with Gasteiger partial charge in [-0.3, -0.25) is 4.79 Å². The van der Waals surface area contributed by atoms with E-state index in [2.05, 4.69) is 15.3 Å². The summed E-state index contributed by atoms with van der Waals surface area (Å²) in [5.41, 5.74) is 7.22. The van der Waals surface area contributed by atoms with Gasteiger partial charge in [0.15, 0.2) is 17.3 Å². The zero-order valence-corrected chi connectivity index (χ0v) is 13.3. The van der Waals surface area contributed by atoms with E-state index in [1.807, 2.05) is 30.3 Å². The lowest BCUT2D eigenvalue weighted by Crippen LogP contribution is -2.24. The number of nitrogens with zero attached hydrogens (tertiary/aromatic N) is 3. The topological polar surface area (TPSA) is 128 Å². The van der Waals surface area contributed by atoms with E-state index >= 15 is 0 Å². The lowest BCUT2D eigenvalue weighted by molar-refractivity contribution is 0.0989. The number of nitrogens with two attached hydrogens (primary N) is 1. The molecule has 0 spiro atoms. The Labute approximate surface area is 142 Å². The van der Waals surface area contributed by atoms with Gasteiger partial charge in [0.05, 0.1) is 0 Å². The summed E-state index contributed by atoms with van der Waals surface area (Å²) in [7, 11) is 0. The summed E-state index contributed by atoms with van der Waals surface area (Å²) in [6, 6.07) is 9.49. The van der Waals surface area contributed by atoms with Crippen LogP contribution in [0.15, 0.2) is 39.4 Å². The number of amides is 1. The second-order valence-corrected chi connectivity index (χ2v) is 6.07. The van der Waals surface area contributed by atoms with Crippen molar-refractivity contribution in [1.82, 2.24) is 15.3 Å². The Morgan fingerprint density at radius 3 is 2.56 bits per heavy atom. The highest BCUT2D eigenvalue weighted by atomic mass is 16.5. The number of aromatic nitrogens is 3. The van der Waals surface area contributed by atoms with Gasteiger partial charge in [-0.15, -0.1) is 0 Å². The van der Waals surface area contributed by atoms with Crippen molar-refractivity contribution in [1.29, 1.82) is 0 Å². The number of aliphatic hydroxyl groups is 1. The Morgan fingerprint density at radius 2 is 1.92 bits per heavy atom. The van der Waals surface area contributed by atoms with Crippen molar-refractivity contribution in [3.05, 3.63) is 53.3 Å². The molecule has 1 aromatic carbocycles. The fraction of sp³-hybridized carbons (Fsp3) is 0.294. The fourth-order valence-electron chi connectivity index (χ4n) is 3.21. The van der Waals surface area contributed by atoms with E-state index in [9.17, 15) is 4.79 Å². The van der Waals surface area contributed by atoms with Crippen molar-refractivity contribution in [3.8, 4) is 11.3 Å². The zero-order chi connectivity index (χ0) is 17.4. The first-order valence-corrected chi connectivity index (χ1v) is 7.95. The van der Waals surface area contributed by atoms with Crippen molar-refractivity contribution < 1.29 is 18.9 Å². The van der Waals surface area contributed by atoms with Crippen LogP contribution in [0.4, 0.5) is 0 Å². The van der Waals surface area contributed by atoms with Crippen LogP contribution in [-0.4, -0.2) is 26.3 Å². The summed E-state index contributed by atoms with van der Waals surface area (Å²) < 4.78 is 10.4. The molecular formula is C17H16N4O4. The Balaban J connectivity index is 1.62. The van der Waals surface area contributed by atoms with Crippen molar-refractivity contribution >= 4 is 5.91 Å². The number of hydrogen-bond acceptors (Lipinski definition) is 7. The smallest absolute Gasteiger partial charge is 0.271 e. The van der Waals surface area contributed by atoms with E-state index in [1.54, 1.807) is 0 Å². The van der Waals surface area contributed by atoms with Gasteiger partial charge in [0, 0.05) is 17.0 Å². The van der Waals surface area contributed by atoms with Crippen LogP contribution in [0.3, 0.4) is 0 Å². The highest BCUT2D eigenvalue weighted by Gasteiger charge is 2.40. The maximum absolute atomic E-state index is 11.7. The highest BCUT2D eigenvalue weighted by molar-refractivity contribution is 5.94. The molecule has 2 heterocycles. The van der Waals surface area contributed by atoms with Crippen LogP contribution in [0.2, 0.25) is 0 Å². The second kappa shape index (κ2) is 6.14. The van der Waals surface area contributed by atoms with Gasteiger partial charge >= 0.3 is 0 Å². The molecule has 3 aromatic rings. The fourth-order valence-corrected chi connectivity index (χ4v) is 3.21. The first kappa shape index (κ1) is 15.5. The number of carbonyl (C=O) groups is 1. The molecule has 1 saturated carbocycles. The molecule has 0 radical (unpaired) electrons. The van der Waals surface area contributed by atoms with Gasteiger partial charge in [-0.1, -0.05) is 40.6 Å². The van der Waals surface area contributed by atoms with Crippen molar-refractivity contribution in [3.63, 3.8) is 0 Å². The third kappa shape index (κ3) is 2.70. The zero-order valence-electron chi connectivity index (χ0n) is 13.3. The molecule has 1 aliphatic carbocycles. The predicted octanol–water partition coefficient (Wildman–Crippen LogP) is 1.98. The second-order valence-electron chi connectivity index (χ2n) is 6.07. The first-order valence-electron chi connectivity index (χ1n) is 7.95. The minimum absolute atomic E-state index is 0.0741. The molecule has 4 rings (SSSR count). The van der Waals surface area contributed by atoms with Crippen molar-refractivity contribution in [2.24, 2.45) is 5.73 Å². The van der Waals surface area contributed by atoms with Crippen molar-refractivity contribution in [2.75, 3.05) is 0 Å². The van der Waals surface area contributed by atoms with Crippen LogP contribution >= 0.6 is 0 Å². The van der Waals surface area contributed by atoms with Gasteiger partial charge < -0.3 is 19.9 Å². The van der Waals surface area contributed by atoms with Gasteiger partial charge in [-0.25, -0.2) is 0 Å². The standard InChI is InChI=1S/C17H16N4O4/c18-16(23)14-13(15(25-20-14)9-4-2-1-3-5-9)10-6-11(7-10)17-19-12(8-22)24-21-17/h1-5,10-11,22H,6-8H2,(H2,18,23). The molecule has 3 N–H and O–H groups in total. The molecule has 0 bridgehead atoms. The number of aliphatic hydroxyl groups excluding tert-OH is 1. The molecule has 0 aliphatic heterocycles. The Hall–Kier alpha value is -3.00. The van der Waals surface area contributed by atoms with Crippen LogP contribution in [0.25, 0.3) is 11.3 Å². The lowest BCUT2D eigenvalue weighted by atomic mass is 9.70. The predicted molar refractivity (Wildman–Crippen MR) is 85.4 cm³/mol. The monoisotopic (exact) mass is 340 g/mol. The summed E-state index contributed by atoms with van der Waals surface area (Å²) in [6.45, 7) is -0.279. The Morgan fingerprint density at radius 1 is 1.16 bits per heavy atom. The quantitative estimate of drug-likeness (QED) is 0.726. The normalized spacial score (nSPS) is 19.6. The SMILES string of the molecule is NC(=O)c1noc(-c2ccccc2)c1C1CC(c2noc(CO)n2)C1. The molecule has 2 aromatic heterocycles. The van der Waals surface area contributed by atoms with Crippen LogP contribution in [-0.2, 0) is 6.61 Å². The largest absolute Gasteiger partial charge is 0.387 e. The lowest BCUT2D eigenvalue weighted by Gasteiger charge is -2.33. The summed E-state index contributed by atoms with van der Waals surface area (Å²) in [5.74, 6) is 0.914. The molecule has 1 amide bonds. The van der Waals surface area contributed by atoms with E-state index in [1.165, 1.54) is 0 Å². The molecule has 0 unspecified atom stereocenters. The number of primary amides is 1. The van der Waals surface area contributed by atoms with Crippen LogP contribution in [0, 0.1) is 0 Å². The first-order chi connectivity index (χ1) is 12.2. The van der Waals surface area contributed by atoms with Gasteiger partial charge in [-0.05, 0) is 18.8 Å². The molecule has 0 saturated heterocycles. The van der Waals surface area contributed by atoms with E-state index in [-0.39, 0.29) is 30.0 Å². The average molecular weight is 340 g/mol. The van der Waals surface area contributed by atoms with Gasteiger partial charge in [0.25, 0.3) is 11.8 Å². The molecule has 1 aliphatic rings. The van der Waals surface area contributed by atoms with Crippen LogP contribution < -0.4 is 5.73 Å². The van der Waals surface area contributed by atoms with Crippen LogP contribution in [0.5, 0.6) is 0 Å². The van der Waals surface area contributed by atoms with E-state index < -0.39 is 5.91 Å². The number of carbonyl (C=O) groups excluding carboxylic acids is 1. The molecule has 8 nitrogen and oxygen atoms in total. The molecular weight excluding hydrogens is 324 g/mol. The molecule has 1 fully saturated rings. The number of benzene rings is 1. The maximum Gasteiger partial charge on any atom is 0.271 e. The van der Waals surface area contributed by atoms with Gasteiger partial charge in [-0.2, -0.15) is 4.98 Å². The van der Waals surface area contributed by atoms with Crippen LogP contribution in [0.1, 0.15) is 52.4 Å². The number of hydrogen-bond donors (Lipinski definition) is 2. The molecule has 0 atom stereocenters. The van der Waals surface area contributed by atoms with Gasteiger partial charge in [0.1, 0.15) is 6.61 Å². The minimum Gasteiger partial charge on any atom is -0.387 e. The minimum atomic E-state index is -0.605. The van der Waals surface area contributed by atoms with E-state index in [0.29, 0.717) is 11.6 Å². The van der Waals surface area contributed by atoms with Gasteiger partial charge in [0.2, 0.25) is 0 Å². The summed E-state index contributed by atoms with van der Waals surface area (Å²) >= 11 is 0. The Bertz CT molecular complexity index is 897.